The minimum Gasteiger partial charge on any atom is -0.476 e. The first kappa shape index (κ1) is 18.0. The van der Waals surface area contributed by atoms with Crippen molar-refractivity contribution in [2.24, 2.45) is 0 Å². The van der Waals surface area contributed by atoms with Crippen LogP contribution in [0.15, 0.2) is 18.2 Å². The molecule has 1 aromatic rings. The van der Waals surface area contributed by atoms with Crippen LogP contribution >= 0.6 is 0 Å². The zero-order chi connectivity index (χ0) is 18.1. The normalized spacial score (nSPS) is 16.9. The molecule has 0 bridgehead atoms. The summed E-state index contributed by atoms with van der Waals surface area (Å²) in [6.45, 7) is 6.88. The molecule has 2 rings (SSSR count). The van der Waals surface area contributed by atoms with Gasteiger partial charge in [-0.1, -0.05) is 13.8 Å². The molecule has 0 saturated carbocycles. The Bertz CT molecular complexity index is 680. The molecule has 1 aliphatic rings. The number of benzene rings is 1. The number of carbonyl (C=O) groups is 3. The van der Waals surface area contributed by atoms with Crippen LogP contribution in [0.25, 0.3) is 0 Å². The number of rotatable bonds is 5. The minimum absolute atomic E-state index is 0.0406. The number of hydrogen-bond donors (Lipinski definition) is 0. The first-order valence-corrected chi connectivity index (χ1v) is 8.04. The predicted octanol–water partition coefficient (Wildman–Crippen LogP) is 2.73. The largest absolute Gasteiger partial charge is 0.476 e. The summed E-state index contributed by atoms with van der Waals surface area (Å²) in [4.78, 5) is 38.5. The number of hydrogen-bond acceptors (Lipinski definition) is 5. The fourth-order valence-corrected chi connectivity index (χ4v) is 2.79. The predicted molar refractivity (Wildman–Crippen MR) is 89.4 cm³/mol. The van der Waals surface area contributed by atoms with E-state index >= 15 is 0 Å². The van der Waals surface area contributed by atoms with Crippen molar-refractivity contribution in [2.75, 3.05) is 12.0 Å². The van der Waals surface area contributed by atoms with Crippen LogP contribution in [0.3, 0.4) is 0 Å². The Kier molecular flexibility index (Phi) is 4.96. The lowest BCUT2D eigenvalue weighted by molar-refractivity contribution is -0.145. The highest BCUT2D eigenvalue weighted by Gasteiger charge is 2.45. The molecule has 1 atom stereocenters. The maximum atomic E-state index is 12.9. The van der Waals surface area contributed by atoms with Gasteiger partial charge in [0.2, 0.25) is 0 Å². The van der Waals surface area contributed by atoms with E-state index in [2.05, 4.69) is 0 Å². The standard InChI is InChI=1S/C18H23NO5/c1-6-12(16(21)23-5)19-13-10-11(14(20)7-2)8-9-15(13)24-18(3,4)17(19)22/h8-10,12H,6-7H2,1-5H3. The van der Waals surface area contributed by atoms with Gasteiger partial charge in [-0.15, -0.1) is 0 Å². The summed E-state index contributed by atoms with van der Waals surface area (Å²) in [5.41, 5.74) is -0.196. The Hall–Kier alpha value is -2.37. The van der Waals surface area contributed by atoms with Crippen LogP contribution in [-0.2, 0) is 14.3 Å². The van der Waals surface area contributed by atoms with Crippen molar-refractivity contribution in [3.63, 3.8) is 0 Å². The highest BCUT2D eigenvalue weighted by Crippen LogP contribution is 2.40. The molecule has 0 N–H and O–H groups in total. The van der Waals surface area contributed by atoms with Gasteiger partial charge in [-0.2, -0.15) is 0 Å². The monoisotopic (exact) mass is 333 g/mol. The van der Waals surface area contributed by atoms with E-state index in [1.54, 1.807) is 45.9 Å². The van der Waals surface area contributed by atoms with Gasteiger partial charge in [0.25, 0.3) is 5.91 Å². The molecular weight excluding hydrogens is 310 g/mol. The summed E-state index contributed by atoms with van der Waals surface area (Å²) in [6.07, 6.45) is 0.743. The molecular formula is C18H23NO5. The SMILES string of the molecule is CCC(=O)c1ccc2c(c1)N(C(CC)C(=O)OC)C(=O)C(C)(C)O2. The van der Waals surface area contributed by atoms with Crippen LogP contribution in [0.4, 0.5) is 5.69 Å². The van der Waals surface area contributed by atoms with Gasteiger partial charge < -0.3 is 9.47 Å². The third kappa shape index (κ3) is 3.00. The van der Waals surface area contributed by atoms with Gasteiger partial charge in [-0.05, 0) is 38.5 Å². The summed E-state index contributed by atoms with van der Waals surface area (Å²) in [5, 5.41) is 0. The number of methoxy groups -OCH3 is 1. The first-order chi connectivity index (χ1) is 11.3. The van der Waals surface area contributed by atoms with Crippen LogP contribution in [0.2, 0.25) is 0 Å². The van der Waals surface area contributed by atoms with E-state index in [0.29, 0.717) is 29.8 Å². The molecule has 1 aromatic carbocycles. The van der Waals surface area contributed by atoms with E-state index in [9.17, 15) is 14.4 Å². The van der Waals surface area contributed by atoms with Gasteiger partial charge in [0.05, 0.1) is 12.8 Å². The highest BCUT2D eigenvalue weighted by molar-refractivity contribution is 6.07. The van der Waals surface area contributed by atoms with Gasteiger partial charge in [0, 0.05) is 12.0 Å². The molecule has 0 aliphatic carbocycles. The third-order valence-corrected chi connectivity index (χ3v) is 4.13. The molecule has 24 heavy (non-hydrogen) atoms. The number of amides is 1. The van der Waals surface area contributed by atoms with Crippen molar-refractivity contribution in [3.8, 4) is 5.75 Å². The summed E-state index contributed by atoms with van der Waals surface area (Å²) < 4.78 is 10.6. The molecule has 1 amide bonds. The number of ether oxygens (including phenoxy) is 2. The summed E-state index contributed by atoms with van der Waals surface area (Å²) in [7, 11) is 1.29. The number of fused-ring (bicyclic) bond motifs is 1. The van der Waals surface area contributed by atoms with Crippen LogP contribution in [0, 0.1) is 0 Å². The molecule has 0 radical (unpaired) electrons. The first-order valence-electron chi connectivity index (χ1n) is 8.04. The lowest BCUT2D eigenvalue weighted by Gasteiger charge is -2.41. The van der Waals surface area contributed by atoms with E-state index in [4.69, 9.17) is 9.47 Å². The molecule has 6 heteroatoms. The topological polar surface area (TPSA) is 72.9 Å². The zero-order valence-electron chi connectivity index (χ0n) is 14.7. The molecule has 1 heterocycles. The van der Waals surface area contributed by atoms with E-state index in [1.807, 2.05) is 0 Å². The van der Waals surface area contributed by atoms with Gasteiger partial charge in [-0.3, -0.25) is 14.5 Å². The number of Topliss-reactive ketones (excluding diaryl/α,β-unsaturated/α-hetero) is 1. The maximum Gasteiger partial charge on any atom is 0.328 e. The number of anilines is 1. The number of ketones is 1. The Morgan fingerprint density at radius 3 is 2.50 bits per heavy atom. The molecule has 1 unspecified atom stereocenters. The minimum atomic E-state index is -1.11. The second-order valence-electron chi connectivity index (χ2n) is 6.19. The summed E-state index contributed by atoms with van der Waals surface area (Å²) in [6, 6.07) is 4.19. The molecule has 130 valence electrons. The fourth-order valence-electron chi connectivity index (χ4n) is 2.79. The van der Waals surface area contributed by atoms with E-state index in [0.717, 1.165) is 0 Å². The Labute approximate surface area is 141 Å². The zero-order valence-corrected chi connectivity index (χ0v) is 14.7. The number of carbonyl (C=O) groups excluding carboxylic acids is 3. The molecule has 0 fully saturated rings. The van der Waals surface area contributed by atoms with Crippen LogP contribution in [-0.4, -0.2) is 36.4 Å². The summed E-state index contributed by atoms with van der Waals surface area (Å²) in [5.74, 6) is -0.411. The van der Waals surface area contributed by atoms with E-state index in [1.165, 1.54) is 12.0 Å². The van der Waals surface area contributed by atoms with Gasteiger partial charge in [0.1, 0.15) is 11.8 Å². The van der Waals surface area contributed by atoms with Crippen molar-refractivity contribution in [1.29, 1.82) is 0 Å². The summed E-state index contributed by atoms with van der Waals surface area (Å²) >= 11 is 0. The number of nitrogens with zero attached hydrogens (tertiary/aromatic N) is 1. The van der Waals surface area contributed by atoms with Crippen LogP contribution in [0.5, 0.6) is 5.75 Å². The van der Waals surface area contributed by atoms with Crippen molar-refractivity contribution >= 4 is 23.3 Å². The van der Waals surface area contributed by atoms with Gasteiger partial charge >= 0.3 is 5.97 Å². The van der Waals surface area contributed by atoms with E-state index < -0.39 is 17.6 Å². The highest BCUT2D eigenvalue weighted by atomic mass is 16.5. The number of esters is 1. The quantitative estimate of drug-likeness (QED) is 0.612. The van der Waals surface area contributed by atoms with Crippen molar-refractivity contribution in [1.82, 2.24) is 0 Å². The third-order valence-electron chi connectivity index (χ3n) is 4.13. The second kappa shape index (κ2) is 6.63. The molecule has 0 saturated heterocycles. The Morgan fingerprint density at radius 1 is 1.29 bits per heavy atom. The van der Waals surface area contributed by atoms with E-state index in [-0.39, 0.29) is 11.7 Å². The Morgan fingerprint density at radius 2 is 1.96 bits per heavy atom. The van der Waals surface area contributed by atoms with Crippen LogP contribution < -0.4 is 9.64 Å². The van der Waals surface area contributed by atoms with Crippen molar-refractivity contribution in [3.05, 3.63) is 23.8 Å². The average Bonchev–Trinajstić information content (AvgIpc) is 2.57. The maximum absolute atomic E-state index is 12.9. The van der Waals surface area contributed by atoms with Crippen LogP contribution in [0.1, 0.15) is 50.9 Å². The molecule has 6 nitrogen and oxygen atoms in total. The second-order valence-corrected chi connectivity index (χ2v) is 6.19. The molecule has 0 aromatic heterocycles. The van der Waals surface area contributed by atoms with Gasteiger partial charge in [0.15, 0.2) is 11.4 Å². The van der Waals surface area contributed by atoms with Crippen molar-refractivity contribution < 1.29 is 23.9 Å². The Balaban J connectivity index is 2.62. The fraction of sp³-hybridized carbons (Fsp3) is 0.500. The lowest BCUT2D eigenvalue weighted by Crippen LogP contribution is -2.58. The lowest BCUT2D eigenvalue weighted by atomic mass is 9.98. The van der Waals surface area contributed by atoms with Gasteiger partial charge in [-0.25, -0.2) is 4.79 Å². The molecule has 0 spiro atoms. The average molecular weight is 333 g/mol. The smallest absolute Gasteiger partial charge is 0.328 e. The van der Waals surface area contributed by atoms with Crippen molar-refractivity contribution in [2.45, 2.75) is 52.2 Å². The molecule has 1 aliphatic heterocycles.